The van der Waals surface area contributed by atoms with Gasteiger partial charge in [0.1, 0.15) is 0 Å². The number of nitrogens with two attached hydrogens (primary N) is 1. The molecule has 0 aliphatic heterocycles. The molecule has 0 heterocycles. The van der Waals surface area contributed by atoms with Crippen LogP contribution in [-0.4, -0.2) is 6.04 Å². The van der Waals surface area contributed by atoms with Crippen LogP contribution in [0.15, 0.2) is 0 Å². The Kier molecular flexibility index (Phi) is 5.30. The van der Waals surface area contributed by atoms with E-state index in [1.165, 1.54) is 44.9 Å². The van der Waals surface area contributed by atoms with Gasteiger partial charge in [0.25, 0.3) is 0 Å². The fraction of sp³-hybridized carbons (Fsp3) is 1.00. The lowest BCUT2D eigenvalue weighted by atomic mass is 9.75. The summed E-state index contributed by atoms with van der Waals surface area (Å²) in [4.78, 5) is 0. The quantitative estimate of drug-likeness (QED) is 0.756. The minimum Gasteiger partial charge on any atom is -0.327 e. The lowest BCUT2D eigenvalue weighted by molar-refractivity contribution is 0.219. The molecule has 0 saturated heterocycles. The van der Waals surface area contributed by atoms with Crippen LogP contribution in [0.2, 0.25) is 0 Å². The monoisotopic (exact) mass is 225 g/mol. The Morgan fingerprint density at radius 1 is 1.12 bits per heavy atom. The van der Waals surface area contributed by atoms with Gasteiger partial charge in [-0.15, -0.1) is 0 Å². The Hall–Kier alpha value is -0.0400. The van der Waals surface area contributed by atoms with Gasteiger partial charge >= 0.3 is 0 Å². The average molecular weight is 225 g/mol. The largest absolute Gasteiger partial charge is 0.327 e. The average Bonchev–Trinajstić information content (AvgIpc) is 2.25. The maximum absolute atomic E-state index is 6.34. The second-order valence-corrected chi connectivity index (χ2v) is 6.95. The molecule has 0 bridgehead atoms. The van der Waals surface area contributed by atoms with E-state index >= 15 is 0 Å². The molecule has 0 aromatic carbocycles. The Morgan fingerprint density at radius 3 is 2.12 bits per heavy atom. The number of hydrogen-bond acceptors (Lipinski definition) is 1. The molecular formula is C15H31N. The van der Waals surface area contributed by atoms with E-state index < -0.39 is 0 Å². The molecule has 1 aliphatic carbocycles. The van der Waals surface area contributed by atoms with Crippen molar-refractivity contribution >= 4 is 0 Å². The first-order valence-electron chi connectivity index (χ1n) is 7.18. The summed E-state index contributed by atoms with van der Waals surface area (Å²) in [5, 5.41) is 0. The van der Waals surface area contributed by atoms with Gasteiger partial charge in [-0.1, -0.05) is 47.0 Å². The SMILES string of the molecule is CCC1CCC(C(N)CCC(C)(C)C)CC1. The van der Waals surface area contributed by atoms with Crippen molar-refractivity contribution in [3.8, 4) is 0 Å². The summed E-state index contributed by atoms with van der Waals surface area (Å²) in [5.74, 6) is 1.80. The highest BCUT2D eigenvalue weighted by atomic mass is 14.7. The fourth-order valence-corrected chi connectivity index (χ4v) is 2.86. The van der Waals surface area contributed by atoms with Gasteiger partial charge in [0.05, 0.1) is 0 Å². The van der Waals surface area contributed by atoms with Crippen molar-refractivity contribution in [3.63, 3.8) is 0 Å². The first-order chi connectivity index (χ1) is 7.42. The van der Waals surface area contributed by atoms with Crippen molar-refractivity contribution < 1.29 is 0 Å². The maximum atomic E-state index is 6.34. The molecule has 16 heavy (non-hydrogen) atoms. The summed E-state index contributed by atoms with van der Waals surface area (Å²) in [6.07, 6.45) is 9.44. The minimum absolute atomic E-state index is 0.443. The van der Waals surface area contributed by atoms with Crippen LogP contribution in [0.25, 0.3) is 0 Å². The smallest absolute Gasteiger partial charge is 0.00673 e. The topological polar surface area (TPSA) is 26.0 Å². The van der Waals surface area contributed by atoms with Crippen molar-refractivity contribution in [3.05, 3.63) is 0 Å². The van der Waals surface area contributed by atoms with E-state index in [1.54, 1.807) is 0 Å². The van der Waals surface area contributed by atoms with Crippen molar-refractivity contribution in [1.82, 2.24) is 0 Å². The van der Waals surface area contributed by atoms with Gasteiger partial charge in [-0.05, 0) is 42.9 Å². The van der Waals surface area contributed by atoms with E-state index in [0.29, 0.717) is 11.5 Å². The Morgan fingerprint density at radius 2 is 1.69 bits per heavy atom. The maximum Gasteiger partial charge on any atom is 0.00673 e. The van der Waals surface area contributed by atoms with Crippen LogP contribution in [0.1, 0.15) is 72.6 Å². The molecular weight excluding hydrogens is 194 g/mol. The molecule has 1 nitrogen and oxygen atoms in total. The van der Waals surface area contributed by atoms with Crippen LogP contribution >= 0.6 is 0 Å². The van der Waals surface area contributed by atoms with Crippen LogP contribution in [0.5, 0.6) is 0 Å². The summed E-state index contributed by atoms with van der Waals surface area (Å²) in [7, 11) is 0. The van der Waals surface area contributed by atoms with Gasteiger partial charge < -0.3 is 5.73 Å². The second-order valence-electron chi connectivity index (χ2n) is 6.95. The Bertz CT molecular complexity index is 184. The lowest BCUT2D eigenvalue weighted by Gasteiger charge is -2.33. The molecule has 2 N–H and O–H groups in total. The van der Waals surface area contributed by atoms with Crippen molar-refractivity contribution in [2.45, 2.75) is 78.7 Å². The van der Waals surface area contributed by atoms with Gasteiger partial charge in [0, 0.05) is 6.04 Å². The molecule has 0 aromatic heterocycles. The molecule has 1 heteroatoms. The zero-order valence-electron chi connectivity index (χ0n) is 11.8. The van der Waals surface area contributed by atoms with Crippen molar-refractivity contribution in [2.24, 2.45) is 23.0 Å². The molecule has 1 aliphatic rings. The Labute approximate surface area is 102 Å². The number of hydrogen-bond donors (Lipinski definition) is 1. The summed E-state index contributed by atoms with van der Waals surface area (Å²) in [6, 6.07) is 0.456. The lowest BCUT2D eigenvalue weighted by Crippen LogP contribution is -2.33. The highest BCUT2D eigenvalue weighted by Gasteiger charge is 2.25. The van der Waals surface area contributed by atoms with E-state index in [0.717, 1.165) is 11.8 Å². The van der Waals surface area contributed by atoms with E-state index in [1.807, 2.05) is 0 Å². The number of rotatable bonds is 4. The van der Waals surface area contributed by atoms with E-state index in [4.69, 9.17) is 5.73 Å². The third-order valence-electron chi connectivity index (χ3n) is 4.30. The molecule has 1 unspecified atom stereocenters. The standard InChI is InChI=1S/C15H31N/c1-5-12-6-8-13(9-7-12)14(16)10-11-15(2,3)4/h12-14H,5-11,16H2,1-4H3. The molecule has 1 fully saturated rings. The zero-order valence-corrected chi connectivity index (χ0v) is 11.8. The van der Waals surface area contributed by atoms with Crippen LogP contribution in [-0.2, 0) is 0 Å². The highest BCUT2D eigenvalue weighted by molar-refractivity contribution is 4.80. The second kappa shape index (κ2) is 6.05. The summed E-state index contributed by atoms with van der Waals surface area (Å²) < 4.78 is 0. The minimum atomic E-state index is 0.443. The molecule has 0 radical (unpaired) electrons. The van der Waals surface area contributed by atoms with E-state index in [2.05, 4.69) is 27.7 Å². The fourth-order valence-electron chi connectivity index (χ4n) is 2.86. The normalized spacial score (nSPS) is 29.1. The summed E-state index contributed by atoms with van der Waals surface area (Å²) in [6.45, 7) is 9.26. The van der Waals surface area contributed by atoms with Gasteiger partial charge in [-0.2, -0.15) is 0 Å². The third kappa shape index (κ3) is 4.86. The predicted octanol–water partition coefficient (Wildman–Crippen LogP) is 4.36. The highest BCUT2D eigenvalue weighted by Crippen LogP contribution is 2.34. The van der Waals surface area contributed by atoms with Crippen molar-refractivity contribution in [2.75, 3.05) is 0 Å². The Balaban J connectivity index is 2.25. The van der Waals surface area contributed by atoms with Gasteiger partial charge in [0.15, 0.2) is 0 Å². The van der Waals surface area contributed by atoms with Crippen molar-refractivity contribution in [1.29, 1.82) is 0 Å². The molecule has 0 spiro atoms. The predicted molar refractivity (Wildman–Crippen MR) is 72.4 cm³/mol. The first kappa shape index (κ1) is 14.0. The van der Waals surface area contributed by atoms with Gasteiger partial charge in [-0.25, -0.2) is 0 Å². The summed E-state index contributed by atoms with van der Waals surface area (Å²) >= 11 is 0. The van der Waals surface area contributed by atoms with Crippen LogP contribution in [0.3, 0.4) is 0 Å². The van der Waals surface area contributed by atoms with Gasteiger partial charge in [-0.3, -0.25) is 0 Å². The molecule has 96 valence electrons. The molecule has 0 amide bonds. The first-order valence-corrected chi connectivity index (χ1v) is 7.18. The molecule has 0 aromatic rings. The summed E-state index contributed by atoms with van der Waals surface area (Å²) in [5.41, 5.74) is 6.79. The van der Waals surface area contributed by atoms with E-state index in [9.17, 15) is 0 Å². The van der Waals surface area contributed by atoms with Crippen LogP contribution < -0.4 is 5.73 Å². The molecule has 1 rings (SSSR count). The zero-order chi connectivity index (χ0) is 12.2. The third-order valence-corrected chi connectivity index (χ3v) is 4.30. The van der Waals surface area contributed by atoms with Gasteiger partial charge in [0.2, 0.25) is 0 Å². The molecule has 1 saturated carbocycles. The van der Waals surface area contributed by atoms with Crippen LogP contribution in [0, 0.1) is 17.3 Å². The van der Waals surface area contributed by atoms with E-state index in [-0.39, 0.29) is 0 Å². The molecule has 1 atom stereocenters. The van der Waals surface area contributed by atoms with Crippen LogP contribution in [0.4, 0.5) is 0 Å².